The van der Waals surface area contributed by atoms with Crippen molar-refractivity contribution in [2.45, 2.75) is 12.8 Å². The number of benzene rings is 2. The lowest BCUT2D eigenvalue weighted by molar-refractivity contribution is -0.147. The van der Waals surface area contributed by atoms with Crippen LogP contribution in [0.1, 0.15) is 23.2 Å². The fourth-order valence-electron chi connectivity index (χ4n) is 2.31. The smallest absolute Gasteiger partial charge is 0.306 e. The monoisotopic (exact) mass is 389 g/mol. The van der Waals surface area contributed by atoms with Crippen LogP contribution in [0.25, 0.3) is 0 Å². The summed E-state index contributed by atoms with van der Waals surface area (Å²) in [6.45, 7) is -0.510. The Hall–Kier alpha value is -3.42. The summed E-state index contributed by atoms with van der Waals surface area (Å²) >= 11 is 0. The largest absolute Gasteiger partial charge is 0.497 e. The Morgan fingerprint density at radius 2 is 1.68 bits per heavy atom. The average molecular weight is 389 g/mol. The molecule has 0 spiro atoms. The maximum absolute atomic E-state index is 12.8. The summed E-state index contributed by atoms with van der Waals surface area (Å²) in [4.78, 5) is 35.7. The van der Waals surface area contributed by atoms with E-state index in [1.54, 1.807) is 18.2 Å². The van der Waals surface area contributed by atoms with Crippen LogP contribution in [0.3, 0.4) is 0 Å². The van der Waals surface area contributed by atoms with Crippen molar-refractivity contribution in [1.82, 2.24) is 0 Å². The molecule has 0 bridgehead atoms. The minimum Gasteiger partial charge on any atom is -0.497 e. The number of hydrogen-bond donors (Lipinski definition) is 1. The number of anilines is 1. The molecule has 1 amide bonds. The quantitative estimate of drug-likeness (QED) is 0.524. The highest BCUT2D eigenvalue weighted by atomic mass is 19.1. The molecule has 0 aromatic heterocycles. The summed E-state index contributed by atoms with van der Waals surface area (Å²) in [5.74, 6) is -1.08. The van der Waals surface area contributed by atoms with E-state index in [0.717, 1.165) is 0 Å². The summed E-state index contributed by atoms with van der Waals surface area (Å²) in [5.41, 5.74) is 0.673. The van der Waals surface area contributed by atoms with Crippen LogP contribution in [0.15, 0.2) is 42.5 Å². The second kappa shape index (κ2) is 10.1. The first-order valence-corrected chi connectivity index (χ1v) is 8.39. The first-order chi connectivity index (χ1) is 13.4. The van der Waals surface area contributed by atoms with Gasteiger partial charge in [-0.05, 0) is 36.4 Å². The Kier molecular flexibility index (Phi) is 7.50. The minimum absolute atomic E-state index is 0.101. The lowest BCUT2D eigenvalue weighted by Gasteiger charge is -2.12. The molecule has 2 aromatic carbocycles. The summed E-state index contributed by atoms with van der Waals surface area (Å²) < 4.78 is 28.0. The summed E-state index contributed by atoms with van der Waals surface area (Å²) in [6, 6.07) is 9.90. The average Bonchev–Trinajstić information content (AvgIpc) is 2.70. The molecule has 0 aliphatic heterocycles. The van der Waals surface area contributed by atoms with Crippen molar-refractivity contribution < 1.29 is 33.0 Å². The molecule has 0 saturated heterocycles. The van der Waals surface area contributed by atoms with Crippen molar-refractivity contribution in [3.63, 3.8) is 0 Å². The van der Waals surface area contributed by atoms with Crippen molar-refractivity contribution in [1.29, 1.82) is 0 Å². The molecule has 2 aromatic rings. The molecule has 1 N–H and O–H groups in total. The Morgan fingerprint density at radius 3 is 2.32 bits per heavy atom. The van der Waals surface area contributed by atoms with Gasteiger partial charge in [-0.25, -0.2) is 4.39 Å². The van der Waals surface area contributed by atoms with Gasteiger partial charge in [0.25, 0.3) is 5.91 Å². The molecule has 0 heterocycles. The van der Waals surface area contributed by atoms with E-state index in [4.69, 9.17) is 14.2 Å². The number of hydrogen-bond acceptors (Lipinski definition) is 6. The Balaban J connectivity index is 1.80. The topological polar surface area (TPSA) is 90.9 Å². The van der Waals surface area contributed by atoms with E-state index in [2.05, 4.69) is 5.32 Å². The van der Waals surface area contributed by atoms with E-state index in [0.29, 0.717) is 22.7 Å². The number of Topliss-reactive ketones (excluding diaryl/α,β-unsaturated/α-hetero) is 1. The SMILES string of the molecule is COc1ccc(OC)c(NC(=O)COC(=O)CCC(=O)c2ccc(F)cc2)c1. The predicted molar refractivity (Wildman–Crippen MR) is 99.1 cm³/mol. The van der Waals surface area contributed by atoms with Crippen LogP contribution < -0.4 is 14.8 Å². The third kappa shape index (κ3) is 6.08. The van der Waals surface area contributed by atoms with Crippen LogP contribution in [0.5, 0.6) is 11.5 Å². The first-order valence-electron chi connectivity index (χ1n) is 8.39. The van der Waals surface area contributed by atoms with Gasteiger partial charge in [-0.1, -0.05) is 0 Å². The number of esters is 1. The maximum Gasteiger partial charge on any atom is 0.306 e. The third-order valence-corrected chi connectivity index (χ3v) is 3.77. The Morgan fingerprint density at radius 1 is 0.964 bits per heavy atom. The number of carbonyl (C=O) groups is 3. The number of ketones is 1. The van der Waals surface area contributed by atoms with Crippen LogP contribution in [0.2, 0.25) is 0 Å². The molecule has 0 fully saturated rings. The first kappa shape index (κ1) is 20.9. The van der Waals surface area contributed by atoms with Crippen molar-refractivity contribution >= 4 is 23.3 Å². The molecule has 0 aliphatic rings. The zero-order valence-corrected chi connectivity index (χ0v) is 15.5. The van der Waals surface area contributed by atoms with Gasteiger partial charge in [0.1, 0.15) is 17.3 Å². The van der Waals surface area contributed by atoms with Crippen LogP contribution in [0, 0.1) is 5.82 Å². The van der Waals surface area contributed by atoms with Crippen molar-refractivity contribution in [3.8, 4) is 11.5 Å². The van der Waals surface area contributed by atoms with Crippen LogP contribution in [-0.4, -0.2) is 38.5 Å². The predicted octanol–water partition coefficient (Wildman–Crippen LogP) is 2.99. The number of rotatable bonds is 9. The highest BCUT2D eigenvalue weighted by Crippen LogP contribution is 2.28. The summed E-state index contributed by atoms with van der Waals surface area (Å²) in [7, 11) is 2.94. The fraction of sp³-hybridized carbons (Fsp3) is 0.250. The molecular weight excluding hydrogens is 369 g/mol. The number of ether oxygens (including phenoxy) is 3. The van der Waals surface area contributed by atoms with E-state index in [1.165, 1.54) is 38.5 Å². The van der Waals surface area contributed by atoms with Gasteiger partial charge >= 0.3 is 5.97 Å². The second-order valence-electron chi connectivity index (χ2n) is 5.71. The lowest BCUT2D eigenvalue weighted by Crippen LogP contribution is -2.21. The van der Waals surface area contributed by atoms with E-state index in [1.807, 2.05) is 0 Å². The molecule has 7 nitrogen and oxygen atoms in total. The van der Waals surface area contributed by atoms with Crippen molar-refractivity contribution in [3.05, 3.63) is 53.8 Å². The molecule has 0 aliphatic carbocycles. The molecule has 0 atom stereocenters. The zero-order chi connectivity index (χ0) is 20.5. The van der Waals surface area contributed by atoms with E-state index in [9.17, 15) is 18.8 Å². The van der Waals surface area contributed by atoms with Gasteiger partial charge in [0.2, 0.25) is 0 Å². The highest BCUT2D eigenvalue weighted by Gasteiger charge is 2.14. The normalized spacial score (nSPS) is 10.1. The number of nitrogens with one attached hydrogen (secondary N) is 1. The van der Waals surface area contributed by atoms with Gasteiger partial charge in [-0.15, -0.1) is 0 Å². The molecule has 0 saturated carbocycles. The van der Waals surface area contributed by atoms with Crippen LogP contribution in [0.4, 0.5) is 10.1 Å². The number of halogens is 1. The number of amides is 1. The molecular formula is C20H20FNO6. The van der Waals surface area contributed by atoms with Crippen molar-refractivity contribution in [2.24, 2.45) is 0 Å². The fourth-order valence-corrected chi connectivity index (χ4v) is 2.31. The standard InChI is InChI=1S/C20H20FNO6/c1-26-15-7-9-18(27-2)16(11-15)22-19(24)12-28-20(25)10-8-17(23)13-3-5-14(21)6-4-13/h3-7,9,11H,8,10,12H2,1-2H3,(H,22,24). The Labute approximate surface area is 161 Å². The highest BCUT2D eigenvalue weighted by molar-refractivity contribution is 5.98. The van der Waals surface area contributed by atoms with Gasteiger partial charge in [0, 0.05) is 18.1 Å². The molecule has 0 unspecified atom stereocenters. The second-order valence-corrected chi connectivity index (χ2v) is 5.71. The molecule has 0 radical (unpaired) electrons. The summed E-state index contributed by atoms with van der Waals surface area (Å²) in [6.07, 6.45) is -0.290. The maximum atomic E-state index is 12.8. The number of carbonyl (C=O) groups excluding carboxylic acids is 3. The third-order valence-electron chi connectivity index (χ3n) is 3.77. The van der Waals surface area contributed by atoms with Crippen molar-refractivity contribution in [2.75, 3.05) is 26.1 Å². The summed E-state index contributed by atoms with van der Waals surface area (Å²) in [5, 5.41) is 2.56. The number of methoxy groups -OCH3 is 2. The lowest BCUT2D eigenvalue weighted by atomic mass is 10.1. The van der Waals surface area contributed by atoms with Gasteiger partial charge < -0.3 is 19.5 Å². The van der Waals surface area contributed by atoms with E-state index >= 15 is 0 Å². The molecule has 8 heteroatoms. The molecule has 148 valence electrons. The molecule has 2 rings (SSSR count). The van der Waals surface area contributed by atoms with E-state index in [-0.39, 0.29) is 18.6 Å². The van der Waals surface area contributed by atoms with Gasteiger partial charge in [-0.3, -0.25) is 14.4 Å². The van der Waals surface area contributed by atoms with Gasteiger partial charge in [0.15, 0.2) is 12.4 Å². The van der Waals surface area contributed by atoms with Gasteiger partial charge in [-0.2, -0.15) is 0 Å². The van der Waals surface area contributed by atoms with E-state index < -0.39 is 24.3 Å². The van der Waals surface area contributed by atoms with Crippen LogP contribution in [-0.2, 0) is 14.3 Å². The molecule has 28 heavy (non-hydrogen) atoms. The minimum atomic E-state index is -0.691. The Bertz CT molecular complexity index is 850. The van der Waals surface area contributed by atoms with Gasteiger partial charge in [0.05, 0.1) is 26.3 Å². The zero-order valence-electron chi connectivity index (χ0n) is 15.5. The van der Waals surface area contributed by atoms with Crippen LogP contribution >= 0.6 is 0 Å².